The molecule has 3 rings (SSSR count). The summed E-state index contributed by atoms with van der Waals surface area (Å²) in [6.45, 7) is 6.65. The number of esters is 1. The molecule has 1 heterocycles. The maximum absolute atomic E-state index is 12.9. The zero-order chi connectivity index (χ0) is 26.1. The topological polar surface area (TPSA) is 117 Å². The van der Waals surface area contributed by atoms with Gasteiger partial charge >= 0.3 is 12.1 Å². The number of nitro benzene ring substituents is 1. The van der Waals surface area contributed by atoms with Gasteiger partial charge in [0.25, 0.3) is 5.69 Å². The lowest BCUT2D eigenvalue weighted by Crippen LogP contribution is -2.49. The molecule has 10 nitrogen and oxygen atoms in total. The molecular formula is C26H32N2O8. The second kappa shape index (κ2) is 12.5. The van der Waals surface area contributed by atoms with Crippen LogP contribution in [0.3, 0.4) is 0 Å². The lowest BCUT2D eigenvalue weighted by atomic mass is 10.1. The molecule has 1 fully saturated rings. The van der Waals surface area contributed by atoms with E-state index >= 15 is 0 Å². The van der Waals surface area contributed by atoms with Crippen LogP contribution >= 0.6 is 0 Å². The van der Waals surface area contributed by atoms with Gasteiger partial charge in [0.1, 0.15) is 11.7 Å². The van der Waals surface area contributed by atoms with Crippen molar-refractivity contribution < 1.29 is 33.5 Å². The molecule has 0 radical (unpaired) electrons. The summed E-state index contributed by atoms with van der Waals surface area (Å²) in [6, 6.07) is 14.9. The van der Waals surface area contributed by atoms with Crippen LogP contribution in [0.1, 0.15) is 43.1 Å². The number of rotatable bonds is 7. The fourth-order valence-corrected chi connectivity index (χ4v) is 3.57. The zero-order valence-electron chi connectivity index (χ0n) is 20.8. The molecule has 2 aromatic rings. The third-order valence-electron chi connectivity index (χ3n) is 5.30. The Morgan fingerprint density at radius 3 is 2.42 bits per heavy atom. The number of hydrogen-bond donors (Lipinski definition) is 0. The second-order valence-corrected chi connectivity index (χ2v) is 9.50. The van der Waals surface area contributed by atoms with Gasteiger partial charge in [0, 0.05) is 18.6 Å². The van der Waals surface area contributed by atoms with Crippen molar-refractivity contribution in [3.8, 4) is 0 Å². The van der Waals surface area contributed by atoms with E-state index < -0.39 is 28.7 Å². The molecule has 0 aromatic heterocycles. The van der Waals surface area contributed by atoms with Crippen LogP contribution in [-0.4, -0.2) is 66.0 Å². The number of carbonyl (C=O) groups is 2. The van der Waals surface area contributed by atoms with Crippen molar-refractivity contribution in [2.75, 3.05) is 26.3 Å². The maximum Gasteiger partial charge on any atom is 0.410 e. The number of non-ortho nitro benzene ring substituents is 1. The van der Waals surface area contributed by atoms with Crippen LogP contribution in [0, 0.1) is 10.1 Å². The van der Waals surface area contributed by atoms with E-state index in [-0.39, 0.29) is 37.1 Å². The van der Waals surface area contributed by atoms with Crippen molar-refractivity contribution in [2.45, 2.75) is 51.6 Å². The lowest BCUT2D eigenvalue weighted by Gasteiger charge is -2.34. The summed E-state index contributed by atoms with van der Waals surface area (Å²) in [6.07, 6.45) is -1.22. The van der Waals surface area contributed by atoms with Crippen molar-refractivity contribution in [1.29, 1.82) is 0 Å². The largest absolute Gasteiger partial charge is 0.457 e. The van der Waals surface area contributed by atoms with E-state index in [0.29, 0.717) is 19.6 Å². The molecule has 2 atom stereocenters. The van der Waals surface area contributed by atoms with Crippen molar-refractivity contribution in [3.05, 3.63) is 75.8 Å². The van der Waals surface area contributed by atoms with Crippen molar-refractivity contribution in [3.63, 3.8) is 0 Å². The summed E-state index contributed by atoms with van der Waals surface area (Å²) in [5, 5.41) is 10.9. The number of hydrogen-bond acceptors (Lipinski definition) is 8. The fourth-order valence-electron chi connectivity index (χ4n) is 3.57. The number of nitro groups is 1. The van der Waals surface area contributed by atoms with Gasteiger partial charge in [-0.05, 0) is 38.5 Å². The van der Waals surface area contributed by atoms with Gasteiger partial charge < -0.3 is 23.8 Å². The Bertz CT molecular complexity index is 1020. The summed E-state index contributed by atoms with van der Waals surface area (Å²) in [4.78, 5) is 37.4. The first-order valence-corrected chi connectivity index (χ1v) is 11.8. The quantitative estimate of drug-likeness (QED) is 0.313. The first kappa shape index (κ1) is 27.1. The summed E-state index contributed by atoms with van der Waals surface area (Å²) in [7, 11) is 0. The summed E-state index contributed by atoms with van der Waals surface area (Å²) < 4.78 is 23.0. The Hall–Kier alpha value is -3.50. The molecule has 1 aliphatic rings. The molecule has 36 heavy (non-hydrogen) atoms. The molecule has 0 N–H and O–H groups in total. The van der Waals surface area contributed by atoms with E-state index in [9.17, 15) is 19.7 Å². The van der Waals surface area contributed by atoms with Crippen LogP contribution < -0.4 is 0 Å². The predicted molar refractivity (Wildman–Crippen MR) is 131 cm³/mol. The third kappa shape index (κ3) is 8.62. The summed E-state index contributed by atoms with van der Waals surface area (Å²) in [5.41, 5.74) is 0.387. The molecule has 194 valence electrons. The normalized spacial score (nSPS) is 18.6. The lowest BCUT2D eigenvalue weighted by molar-refractivity contribution is -0.384. The standard InChI is InChI=1S/C26H32N2O8/c1-26(2,3)36-25(30)27-15-22(35-24(29)20-9-11-21(12-10-20)28(31)32)13-14-34-23(16-27)18-33-17-19-7-5-4-6-8-19/h4-12,22-23H,13-18H2,1-3H3/t22-,23+/m1/s1. The van der Waals surface area contributed by atoms with Crippen LogP contribution in [0.4, 0.5) is 10.5 Å². The number of ether oxygens (including phenoxy) is 4. The maximum atomic E-state index is 12.9. The Labute approximate surface area is 210 Å². The molecule has 1 aliphatic heterocycles. The first-order chi connectivity index (χ1) is 17.1. The van der Waals surface area contributed by atoms with E-state index in [1.807, 2.05) is 30.3 Å². The van der Waals surface area contributed by atoms with Gasteiger partial charge in [0.05, 0.1) is 49.5 Å². The molecule has 2 aromatic carbocycles. The Morgan fingerprint density at radius 1 is 1.08 bits per heavy atom. The molecular weight excluding hydrogens is 468 g/mol. The van der Waals surface area contributed by atoms with Gasteiger partial charge in [-0.25, -0.2) is 9.59 Å². The fraction of sp³-hybridized carbons (Fsp3) is 0.462. The number of nitrogens with zero attached hydrogens (tertiary/aromatic N) is 2. The highest BCUT2D eigenvalue weighted by Crippen LogP contribution is 2.18. The molecule has 10 heteroatoms. The van der Waals surface area contributed by atoms with E-state index in [2.05, 4.69) is 0 Å². The van der Waals surface area contributed by atoms with Gasteiger partial charge in [-0.15, -0.1) is 0 Å². The highest BCUT2D eigenvalue weighted by molar-refractivity contribution is 5.89. The monoisotopic (exact) mass is 500 g/mol. The van der Waals surface area contributed by atoms with E-state index in [1.165, 1.54) is 29.2 Å². The Morgan fingerprint density at radius 2 is 1.78 bits per heavy atom. The number of benzene rings is 2. The SMILES string of the molecule is CC(C)(C)OC(=O)N1C[C@@H](COCc2ccccc2)OCC[C@@H](OC(=O)c2ccc([N+](=O)[O-])cc2)C1. The summed E-state index contributed by atoms with van der Waals surface area (Å²) in [5.74, 6) is -0.637. The Kier molecular flexibility index (Phi) is 9.38. The van der Waals surface area contributed by atoms with Crippen LogP contribution in [0.25, 0.3) is 0 Å². The average molecular weight is 501 g/mol. The molecule has 0 bridgehead atoms. The molecule has 1 saturated heterocycles. The minimum Gasteiger partial charge on any atom is -0.457 e. The zero-order valence-corrected chi connectivity index (χ0v) is 20.8. The first-order valence-electron chi connectivity index (χ1n) is 11.8. The average Bonchev–Trinajstić information content (AvgIpc) is 2.81. The van der Waals surface area contributed by atoms with E-state index in [4.69, 9.17) is 18.9 Å². The number of amides is 1. The minimum absolute atomic E-state index is 0.117. The second-order valence-electron chi connectivity index (χ2n) is 9.50. The molecule has 1 amide bonds. The van der Waals surface area contributed by atoms with Crippen molar-refractivity contribution in [2.24, 2.45) is 0 Å². The summed E-state index contributed by atoms with van der Waals surface area (Å²) >= 11 is 0. The molecule has 0 spiro atoms. The molecule has 0 unspecified atom stereocenters. The highest BCUT2D eigenvalue weighted by Gasteiger charge is 2.31. The van der Waals surface area contributed by atoms with Crippen LogP contribution in [0.5, 0.6) is 0 Å². The van der Waals surface area contributed by atoms with Gasteiger partial charge in [-0.2, -0.15) is 0 Å². The van der Waals surface area contributed by atoms with Gasteiger partial charge in [-0.3, -0.25) is 10.1 Å². The van der Waals surface area contributed by atoms with E-state index in [1.54, 1.807) is 20.8 Å². The smallest absolute Gasteiger partial charge is 0.410 e. The minimum atomic E-state index is -0.704. The van der Waals surface area contributed by atoms with Crippen LogP contribution in [-0.2, 0) is 25.6 Å². The highest BCUT2D eigenvalue weighted by atomic mass is 16.6. The van der Waals surface area contributed by atoms with Crippen molar-refractivity contribution >= 4 is 17.7 Å². The predicted octanol–water partition coefficient (Wildman–Crippen LogP) is 4.36. The van der Waals surface area contributed by atoms with Gasteiger partial charge in [0.15, 0.2) is 0 Å². The van der Waals surface area contributed by atoms with Gasteiger partial charge in [0.2, 0.25) is 0 Å². The molecule has 0 aliphatic carbocycles. The van der Waals surface area contributed by atoms with Crippen molar-refractivity contribution in [1.82, 2.24) is 4.90 Å². The molecule has 0 saturated carbocycles. The number of carbonyl (C=O) groups excluding carboxylic acids is 2. The Balaban J connectivity index is 1.64. The third-order valence-corrected chi connectivity index (χ3v) is 5.30. The van der Waals surface area contributed by atoms with Gasteiger partial charge in [-0.1, -0.05) is 30.3 Å². The van der Waals surface area contributed by atoms with Crippen LogP contribution in [0.2, 0.25) is 0 Å². The van der Waals surface area contributed by atoms with E-state index in [0.717, 1.165) is 5.56 Å². The van der Waals surface area contributed by atoms with Crippen LogP contribution in [0.15, 0.2) is 54.6 Å².